The van der Waals surface area contributed by atoms with Crippen LogP contribution in [0.15, 0.2) is 45.1 Å². The number of aliphatic hydroxyl groups excluding tert-OH is 2. The van der Waals surface area contributed by atoms with E-state index < -0.39 is 23.8 Å². The number of allylic oxidation sites excluding steroid dienone is 1. The summed E-state index contributed by atoms with van der Waals surface area (Å²) in [4.78, 5) is 23.8. The minimum absolute atomic E-state index is 0.117. The molecule has 1 aromatic rings. The number of aliphatic hydroxyl groups is 2. The third-order valence-corrected chi connectivity index (χ3v) is 4.43. The van der Waals surface area contributed by atoms with Crippen molar-refractivity contribution in [1.29, 1.82) is 0 Å². The van der Waals surface area contributed by atoms with Crippen molar-refractivity contribution in [3.63, 3.8) is 0 Å². The van der Waals surface area contributed by atoms with Crippen molar-refractivity contribution in [1.82, 2.24) is 0 Å². The summed E-state index contributed by atoms with van der Waals surface area (Å²) in [5, 5.41) is 20.3. The van der Waals surface area contributed by atoms with Gasteiger partial charge in [-0.05, 0) is 19.4 Å². The highest BCUT2D eigenvalue weighted by Gasteiger charge is 2.22. The Labute approximate surface area is 153 Å². The summed E-state index contributed by atoms with van der Waals surface area (Å²) in [6.45, 7) is 7.12. The van der Waals surface area contributed by atoms with E-state index in [-0.39, 0.29) is 23.9 Å². The van der Waals surface area contributed by atoms with Crippen LogP contribution in [-0.2, 0) is 11.2 Å². The van der Waals surface area contributed by atoms with E-state index in [2.05, 4.69) is 0 Å². The van der Waals surface area contributed by atoms with E-state index in [4.69, 9.17) is 9.15 Å². The fraction of sp³-hybridized carbons (Fsp3) is 0.500. The predicted molar refractivity (Wildman–Crippen MR) is 99.2 cm³/mol. The van der Waals surface area contributed by atoms with Gasteiger partial charge >= 0.3 is 5.63 Å². The number of hydrogen-bond acceptors (Lipinski definition) is 6. The molecular formula is C20H28O6. The van der Waals surface area contributed by atoms with Gasteiger partial charge in [0, 0.05) is 17.9 Å². The molecule has 0 fully saturated rings. The third-order valence-electron chi connectivity index (χ3n) is 4.43. The SMILES string of the molecule is C/C=C(\C)[C@@H](O)[C@@H](C)/C=C/[C@@H](O)[C@@H](C)C(=O)Cc1cc(OC)cc(=O)o1. The lowest BCUT2D eigenvalue weighted by Gasteiger charge is -2.18. The summed E-state index contributed by atoms with van der Waals surface area (Å²) in [7, 11) is 1.42. The first-order chi connectivity index (χ1) is 12.2. The molecule has 1 aromatic heterocycles. The molecule has 0 radical (unpaired) electrons. The maximum absolute atomic E-state index is 12.3. The lowest BCUT2D eigenvalue weighted by atomic mass is 9.93. The van der Waals surface area contributed by atoms with Gasteiger partial charge in [-0.2, -0.15) is 0 Å². The van der Waals surface area contributed by atoms with Crippen molar-refractivity contribution in [2.24, 2.45) is 11.8 Å². The van der Waals surface area contributed by atoms with Crippen LogP contribution in [0.25, 0.3) is 0 Å². The van der Waals surface area contributed by atoms with Crippen molar-refractivity contribution >= 4 is 5.78 Å². The predicted octanol–water partition coefficient (Wildman–Crippen LogP) is 2.28. The average molecular weight is 364 g/mol. The summed E-state index contributed by atoms with van der Waals surface area (Å²) in [5.41, 5.74) is 0.247. The lowest BCUT2D eigenvalue weighted by Crippen LogP contribution is -2.26. The van der Waals surface area contributed by atoms with Crippen molar-refractivity contribution in [3.8, 4) is 5.75 Å². The maximum Gasteiger partial charge on any atom is 0.339 e. The molecule has 0 amide bonds. The molecule has 6 heteroatoms. The number of ether oxygens (including phenoxy) is 1. The second kappa shape index (κ2) is 10.1. The van der Waals surface area contributed by atoms with Crippen molar-refractivity contribution in [3.05, 3.63) is 52.1 Å². The van der Waals surface area contributed by atoms with Gasteiger partial charge in [-0.1, -0.05) is 32.1 Å². The Balaban J connectivity index is 2.74. The zero-order valence-corrected chi connectivity index (χ0v) is 15.9. The molecule has 6 nitrogen and oxygen atoms in total. The molecule has 0 aliphatic rings. The molecule has 0 bridgehead atoms. The highest BCUT2D eigenvalue weighted by Crippen LogP contribution is 2.17. The maximum atomic E-state index is 12.3. The van der Waals surface area contributed by atoms with Gasteiger partial charge in [-0.25, -0.2) is 4.79 Å². The van der Waals surface area contributed by atoms with Crippen LogP contribution in [0, 0.1) is 11.8 Å². The first-order valence-corrected chi connectivity index (χ1v) is 8.57. The van der Waals surface area contributed by atoms with E-state index in [9.17, 15) is 19.8 Å². The smallest absolute Gasteiger partial charge is 0.339 e. The Morgan fingerprint density at radius 2 is 1.92 bits per heavy atom. The molecule has 1 heterocycles. The molecule has 0 unspecified atom stereocenters. The van der Waals surface area contributed by atoms with E-state index in [1.165, 1.54) is 25.3 Å². The molecule has 2 N–H and O–H groups in total. The van der Waals surface area contributed by atoms with Gasteiger partial charge in [0.25, 0.3) is 0 Å². The van der Waals surface area contributed by atoms with Crippen LogP contribution in [0.3, 0.4) is 0 Å². The van der Waals surface area contributed by atoms with Crippen molar-refractivity contribution in [2.75, 3.05) is 7.11 Å². The monoisotopic (exact) mass is 364 g/mol. The van der Waals surface area contributed by atoms with Gasteiger partial charge in [-0.3, -0.25) is 4.79 Å². The fourth-order valence-electron chi connectivity index (χ4n) is 2.38. The van der Waals surface area contributed by atoms with Gasteiger partial charge in [-0.15, -0.1) is 0 Å². The number of Topliss-reactive ketones (excluding diaryl/α,β-unsaturated/α-hetero) is 1. The van der Waals surface area contributed by atoms with Crippen LogP contribution in [0.1, 0.15) is 33.5 Å². The molecular weight excluding hydrogens is 336 g/mol. The minimum Gasteiger partial charge on any atom is -0.496 e. The molecule has 26 heavy (non-hydrogen) atoms. The molecule has 0 aliphatic heterocycles. The topological polar surface area (TPSA) is 97.0 Å². The lowest BCUT2D eigenvalue weighted by molar-refractivity contribution is -0.124. The number of methoxy groups -OCH3 is 1. The summed E-state index contributed by atoms with van der Waals surface area (Å²) in [5.74, 6) is -0.639. The summed E-state index contributed by atoms with van der Waals surface area (Å²) in [6.07, 6.45) is 3.29. The van der Waals surface area contributed by atoms with Gasteiger partial charge in [0.2, 0.25) is 0 Å². The van der Waals surface area contributed by atoms with Crippen LogP contribution in [0.5, 0.6) is 5.75 Å². The van der Waals surface area contributed by atoms with Gasteiger partial charge in [0.05, 0.1) is 31.8 Å². The Hall–Kier alpha value is -2.18. The summed E-state index contributed by atoms with van der Waals surface area (Å²) >= 11 is 0. The fourth-order valence-corrected chi connectivity index (χ4v) is 2.38. The standard InChI is InChI=1S/C20H28O6/c1-6-12(2)20(24)13(3)7-8-17(21)14(4)18(22)10-16-9-15(25-5)11-19(23)26-16/h6-9,11,13-14,17,20-21,24H,10H2,1-5H3/b8-7+,12-6+/t13-,14+,17+,20+/m0/s1. The highest BCUT2D eigenvalue weighted by atomic mass is 16.5. The first-order valence-electron chi connectivity index (χ1n) is 8.57. The second-order valence-corrected chi connectivity index (χ2v) is 6.43. The summed E-state index contributed by atoms with van der Waals surface area (Å²) < 4.78 is 9.97. The van der Waals surface area contributed by atoms with E-state index >= 15 is 0 Å². The minimum atomic E-state index is -1.000. The second-order valence-electron chi connectivity index (χ2n) is 6.43. The normalized spacial score (nSPS) is 17.0. The van der Waals surface area contributed by atoms with Crippen LogP contribution in [0.2, 0.25) is 0 Å². The Bertz CT molecular complexity index is 715. The van der Waals surface area contributed by atoms with Crippen LogP contribution < -0.4 is 10.4 Å². The molecule has 4 atom stereocenters. The van der Waals surface area contributed by atoms with E-state index in [1.807, 2.05) is 26.8 Å². The molecule has 1 rings (SSSR count). The van der Waals surface area contributed by atoms with Gasteiger partial charge in [0.1, 0.15) is 17.3 Å². The molecule has 144 valence electrons. The van der Waals surface area contributed by atoms with Crippen LogP contribution in [0.4, 0.5) is 0 Å². The van der Waals surface area contributed by atoms with Crippen molar-refractivity contribution < 1.29 is 24.2 Å². The largest absolute Gasteiger partial charge is 0.496 e. The van der Waals surface area contributed by atoms with E-state index in [1.54, 1.807) is 13.0 Å². The number of carbonyl (C=O) groups excluding carboxylic acids is 1. The average Bonchev–Trinajstić information content (AvgIpc) is 2.62. The quantitative estimate of drug-likeness (QED) is 0.653. The molecule has 0 aromatic carbocycles. The third kappa shape index (κ3) is 6.28. The van der Waals surface area contributed by atoms with Gasteiger partial charge in [0.15, 0.2) is 0 Å². The molecule has 0 saturated carbocycles. The highest BCUT2D eigenvalue weighted by molar-refractivity contribution is 5.83. The molecule has 0 saturated heterocycles. The van der Waals surface area contributed by atoms with Crippen LogP contribution >= 0.6 is 0 Å². The van der Waals surface area contributed by atoms with Gasteiger partial charge < -0.3 is 19.4 Å². The summed E-state index contributed by atoms with van der Waals surface area (Å²) in [6, 6.07) is 2.67. The van der Waals surface area contributed by atoms with Crippen LogP contribution in [-0.4, -0.2) is 35.3 Å². The number of carbonyl (C=O) groups is 1. The zero-order chi connectivity index (χ0) is 19.9. The van der Waals surface area contributed by atoms with E-state index in [0.717, 1.165) is 5.57 Å². The molecule has 0 aliphatic carbocycles. The number of ketones is 1. The number of rotatable bonds is 9. The zero-order valence-electron chi connectivity index (χ0n) is 15.9. The molecule has 0 spiro atoms. The Morgan fingerprint density at radius 3 is 2.50 bits per heavy atom. The Morgan fingerprint density at radius 1 is 1.27 bits per heavy atom. The van der Waals surface area contributed by atoms with Crippen molar-refractivity contribution in [2.45, 2.75) is 46.3 Å². The Kier molecular flexibility index (Phi) is 8.48. The number of hydrogen-bond donors (Lipinski definition) is 2. The first kappa shape index (κ1) is 21.9. The van der Waals surface area contributed by atoms with E-state index in [0.29, 0.717) is 5.75 Å².